The zero-order valence-electron chi connectivity index (χ0n) is 13.7. The molecular weight excluding hydrogens is 381 g/mol. The Bertz CT molecular complexity index is 437. The number of nitrogens with one attached hydrogen (secondary N) is 2. The second-order valence-corrected chi connectivity index (χ2v) is 4.59. The number of nitrogens with zero attached hydrogens (tertiary/aromatic N) is 3. The number of hydrogen-bond acceptors (Lipinski definition) is 3. The van der Waals surface area contributed by atoms with Crippen LogP contribution in [0.1, 0.15) is 30.8 Å². The minimum absolute atomic E-state index is 0. The molecule has 0 bridgehead atoms. The number of aromatic nitrogens is 2. The maximum Gasteiger partial charge on any atom is 0.191 e. The molecule has 122 valence electrons. The van der Waals surface area contributed by atoms with E-state index in [0.29, 0.717) is 13.2 Å². The SMILES string of the molecule is CCNC(=NCc1c(C)nn(CCOC)c1C)NCC.I. The molecule has 0 unspecified atom stereocenters. The summed E-state index contributed by atoms with van der Waals surface area (Å²) in [4.78, 5) is 4.60. The summed E-state index contributed by atoms with van der Waals surface area (Å²) in [5.41, 5.74) is 3.39. The maximum absolute atomic E-state index is 5.10. The van der Waals surface area contributed by atoms with Crippen molar-refractivity contribution in [3.63, 3.8) is 0 Å². The van der Waals surface area contributed by atoms with E-state index in [2.05, 4.69) is 41.5 Å². The molecule has 6 nitrogen and oxygen atoms in total. The van der Waals surface area contributed by atoms with Crippen LogP contribution in [0.4, 0.5) is 0 Å². The van der Waals surface area contributed by atoms with Gasteiger partial charge in [0.05, 0.1) is 25.4 Å². The summed E-state index contributed by atoms with van der Waals surface area (Å²) >= 11 is 0. The Morgan fingerprint density at radius 2 is 1.86 bits per heavy atom. The molecular formula is C14H28IN5O. The Labute approximate surface area is 144 Å². The third kappa shape index (κ3) is 6.21. The molecule has 0 radical (unpaired) electrons. The van der Waals surface area contributed by atoms with Crippen molar-refractivity contribution in [3.8, 4) is 0 Å². The minimum atomic E-state index is 0. The Kier molecular flexibility index (Phi) is 10.4. The summed E-state index contributed by atoms with van der Waals surface area (Å²) in [6, 6.07) is 0. The summed E-state index contributed by atoms with van der Waals surface area (Å²) in [6.07, 6.45) is 0. The van der Waals surface area contributed by atoms with Crippen LogP contribution in [0.15, 0.2) is 4.99 Å². The first kappa shape index (κ1) is 20.2. The van der Waals surface area contributed by atoms with E-state index in [4.69, 9.17) is 4.74 Å². The number of rotatable bonds is 7. The lowest BCUT2D eigenvalue weighted by molar-refractivity contribution is 0.182. The molecule has 21 heavy (non-hydrogen) atoms. The summed E-state index contributed by atoms with van der Waals surface area (Å²) in [5.74, 6) is 0.846. The molecule has 1 heterocycles. The number of ether oxygens (including phenoxy) is 1. The molecule has 0 aliphatic heterocycles. The van der Waals surface area contributed by atoms with Gasteiger partial charge in [-0.1, -0.05) is 0 Å². The van der Waals surface area contributed by atoms with E-state index in [9.17, 15) is 0 Å². The number of guanidine groups is 1. The van der Waals surface area contributed by atoms with Gasteiger partial charge < -0.3 is 15.4 Å². The van der Waals surface area contributed by atoms with Crippen LogP contribution in [0.2, 0.25) is 0 Å². The fourth-order valence-electron chi connectivity index (χ4n) is 2.03. The van der Waals surface area contributed by atoms with Crippen LogP contribution in [0.25, 0.3) is 0 Å². The topological polar surface area (TPSA) is 63.5 Å². The second kappa shape index (κ2) is 10.8. The van der Waals surface area contributed by atoms with Crippen molar-refractivity contribution in [2.24, 2.45) is 4.99 Å². The molecule has 0 spiro atoms. The zero-order chi connectivity index (χ0) is 15.0. The van der Waals surface area contributed by atoms with Gasteiger partial charge in [0, 0.05) is 31.5 Å². The normalized spacial score (nSPS) is 9.95. The molecule has 1 aromatic rings. The lowest BCUT2D eigenvalue weighted by Crippen LogP contribution is -2.37. The summed E-state index contributed by atoms with van der Waals surface area (Å²) in [5, 5.41) is 11.0. The molecule has 1 aromatic heterocycles. The molecule has 0 fully saturated rings. The summed E-state index contributed by atoms with van der Waals surface area (Å²) in [6.45, 7) is 12.0. The van der Waals surface area contributed by atoms with Crippen LogP contribution in [0, 0.1) is 13.8 Å². The van der Waals surface area contributed by atoms with Gasteiger partial charge >= 0.3 is 0 Å². The average molecular weight is 409 g/mol. The molecule has 0 aromatic carbocycles. The van der Waals surface area contributed by atoms with Crippen molar-refractivity contribution in [2.45, 2.75) is 40.8 Å². The number of aryl methyl sites for hydroxylation is 1. The van der Waals surface area contributed by atoms with Crippen LogP contribution >= 0.6 is 24.0 Å². The Morgan fingerprint density at radius 3 is 2.38 bits per heavy atom. The zero-order valence-corrected chi connectivity index (χ0v) is 16.0. The highest BCUT2D eigenvalue weighted by Crippen LogP contribution is 2.14. The summed E-state index contributed by atoms with van der Waals surface area (Å²) in [7, 11) is 1.70. The predicted molar refractivity (Wildman–Crippen MR) is 97.5 cm³/mol. The Hall–Kier alpha value is -0.830. The van der Waals surface area contributed by atoms with Crippen molar-refractivity contribution >= 4 is 29.9 Å². The van der Waals surface area contributed by atoms with Gasteiger partial charge in [0.25, 0.3) is 0 Å². The monoisotopic (exact) mass is 409 g/mol. The van der Waals surface area contributed by atoms with Crippen molar-refractivity contribution in [1.82, 2.24) is 20.4 Å². The summed E-state index contributed by atoms with van der Waals surface area (Å²) < 4.78 is 7.09. The lowest BCUT2D eigenvalue weighted by Gasteiger charge is -2.09. The van der Waals surface area contributed by atoms with Crippen LogP contribution < -0.4 is 10.6 Å². The standard InChI is InChI=1S/C14H27N5O.HI/c1-6-15-14(16-7-2)17-10-13-11(3)18-19(12(13)4)8-9-20-5;/h6-10H2,1-5H3,(H2,15,16,17);1H. The molecule has 7 heteroatoms. The van der Waals surface area contributed by atoms with E-state index in [1.54, 1.807) is 7.11 Å². The van der Waals surface area contributed by atoms with E-state index in [1.807, 2.05) is 11.6 Å². The quantitative estimate of drug-likeness (QED) is 0.410. The highest BCUT2D eigenvalue weighted by Gasteiger charge is 2.11. The predicted octanol–water partition coefficient (Wildman–Crippen LogP) is 1.84. The molecule has 0 saturated heterocycles. The number of hydrogen-bond donors (Lipinski definition) is 2. The molecule has 0 saturated carbocycles. The first-order chi connectivity index (χ1) is 9.63. The van der Waals surface area contributed by atoms with E-state index in [1.165, 1.54) is 5.56 Å². The van der Waals surface area contributed by atoms with Gasteiger partial charge in [-0.3, -0.25) is 4.68 Å². The van der Waals surface area contributed by atoms with Gasteiger partial charge in [-0.15, -0.1) is 24.0 Å². The van der Waals surface area contributed by atoms with Crippen LogP contribution in [0.3, 0.4) is 0 Å². The van der Waals surface area contributed by atoms with Gasteiger partial charge in [-0.2, -0.15) is 5.10 Å². The number of methoxy groups -OCH3 is 1. The van der Waals surface area contributed by atoms with E-state index in [0.717, 1.165) is 37.0 Å². The van der Waals surface area contributed by atoms with Gasteiger partial charge in [-0.05, 0) is 27.7 Å². The molecule has 1 rings (SSSR count). The molecule has 0 aliphatic carbocycles. The number of halogens is 1. The molecule has 2 N–H and O–H groups in total. The fraction of sp³-hybridized carbons (Fsp3) is 0.714. The highest BCUT2D eigenvalue weighted by atomic mass is 127. The number of aliphatic imine (C=N–C) groups is 1. The van der Waals surface area contributed by atoms with Gasteiger partial charge in [0.15, 0.2) is 5.96 Å². The van der Waals surface area contributed by atoms with E-state index in [-0.39, 0.29) is 24.0 Å². The van der Waals surface area contributed by atoms with E-state index >= 15 is 0 Å². The largest absolute Gasteiger partial charge is 0.383 e. The van der Waals surface area contributed by atoms with Crippen molar-refractivity contribution in [2.75, 3.05) is 26.8 Å². The Morgan fingerprint density at radius 1 is 1.24 bits per heavy atom. The highest BCUT2D eigenvalue weighted by molar-refractivity contribution is 14.0. The molecule has 0 amide bonds. The van der Waals surface area contributed by atoms with E-state index < -0.39 is 0 Å². The molecule has 0 aliphatic rings. The van der Waals surface area contributed by atoms with Crippen LogP contribution in [-0.4, -0.2) is 42.5 Å². The van der Waals surface area contributed by atoms with Crippen molar-refractivity contribution < 1.29 is 4.74 Å². The van der Waals surface area contributed by atoms with Gasteiger partial charge in [0.1, 0.15) is 0 Å². The lowest BCUT2D eigenvalue weighted by atomic mass is 10.2. The van der Waals surface area contributed by atoms with Crippen LogP contribution in [0.5, 0.6) is 0 Å². The fourth-order valence-corrected chi connectivity index (χ4v) is 2.03. The smallest absolute Gasteiger partial charge is 0.191 e. The van der Waals surface area contributed by atoms with Crippen LogP contribution in [-0.2, 0) is 17.8 Å². The van der Waals surface area contributed by atoms with Gasteiger partial charge in [0.2, 0.25) is 0 Å². The Balaban J connectivity index is 0.00000400. The average Bonchev–Trinajstić information content (AvgIpc) is 2.69. The maximum atomic E-state index is 5.10. The third-order valence-corrected chi connectivity index (χ3v) is 3.12. The molecule has 0 atom stereocenters. The van der Waals surface area contributed by atoms with Crippen molar-refractivity contribution in [1.29, 1.82) is 0 Å². The first-order valence-electron chi connectivity index (χ1n) is 7.18. The third-order valence-electron chi connectivity index (χ3n) is 3.12. The minimum Gasteiger partial charge on any atom is -0.383 e. The second-order valence-electron chi connectivity index (χ2n) is 4.59. The first-order valence-corrected chi connectivity index (χ1v) is 7.18. The van der Waals surface area contributed by atoms with Gasteiger partial charge in [-0.25, -0.2) is 4.99 Å². The van der Waals surface area contributed by atoms with Crippen molar-refractivity contribution in [3.05, 3.63) is 17.0 Å².